The van der Waals surface area contributed by atoms with E-state index in [0.29, 0.717) is 6.04 Å². The number of aromatic nitrogens is 1. The number of β-amino-alcohol motifs (C(OH)–C–C–N with tert-alkyl or cyclic N) is 1. The maximum absolute atomic E-state index is 12.9. The summed E-state index contributed by atoms with van der Waals surface area (Å²) in [6.07, 6.45) is 1.83. The summed E-state index contributed by atoms with van der Waals surface area (Å²) in [5, 5.41) is 10.4. The lowest BCUT2D eigenvalue weighted by Crippen LogP contribution is -2.58. The predicted molar refractivity (Wildman–Crippen MR) is 96.4 cm³/mol. The average molecular weight is 366 g/mol. The number of carbonyl (C=O) groups is 1. The summed E-state index contributed by atoms with van der Waals surface area (Å²) in [6.45, 7) is 8.22. The molecule has 25 heavy (non-hydrogen) atoms. The summed E-state index contributed by atoms with van der Waals surface area (Å²) in [5.41, 5.74) is 0.837. The van der Waals surface area contributed by atoms with Gasteiger partial charge in [0.25, 0.3) is 5.91 Å². The number of aliphatic hydroxyl groups excluding tert-OH is 1. The second-order valence-electron chi connectivity index (χ2n) is 7.14. The molecule has 0 aliphatic carbocycles. The molecule has 3 saturated heterocycles. The minimum absolute atomic E-state index is 0.122. The first-order chi connectivity index (χ1) is 12.1. The number of aliphatic hydroxyl groups is 1. The molecule has 0 radical (unpaired) electrons. The van der Waals surface area contributed by atoms with Gasteiger partial charge >= 0.3 is 0 Å². The second-order valence-corrected chi connectivity index (χ2v) is 8.12. The lowest BCUT2D eigenvalue weighted by atomic mass is 9.98. The maximum atomic E-state index is 12.9. The molecule has 1 aromatic rings. The van der Waals surface area contributed by atoms with Crippen molar-refractivity contribution in [3.8, 4) is 0 Å². The molecule has 0 unspecified atom stereocenters. The first kappa shape index (κ1) is 17.2. The molecule has 4 heterocycles. The average Bonchev–Trinajstić information content (AvgIpc) is 3.01. The third-order valence-corrected chi connectivity index (χ3v) is 6.63. The van der Waals surface area contributed by atoms with Gasteiger partial charge in [-0.25, -0.2) is 4.98 Å². The number of anilines is 1. The number of hydrogen-bond acceptors (Lipinski definition) is 7. The summed E-state index contributed by atoms with van der Waals surface area (Å²) in [7, 11) is 0. The normalized spacial score (nSPS) is 23.8. The van der Waals surface area contributed by atoms with Crippen LogP contribution in [0.15, 0.2) is 0 Å². The molecule has 0 aromatic carbocycles. The molecule has 0 atom stereocenters. The fraction of sp³-hybridized carbons (Fsp3) is 0.765. The molecule has 3 aliphatic rings. The van der Waals surface area contributed by atoms with Gasteiger partial charge in [-0.2, -0.15) is 0 Å². The fourth-order valence-corrected chi connectivity index (χ4v) is 4.92. The van der Waals surface area contributed by atoms with Crippen LogP contribution in [0.4, 0.5) is 5.13 Å². The van der Waals surface area contributed by atoms with E-state index in [-0.39, 0.29) is 12.0 Å². The van der Waals surface area contributed by atoms with Crippen LogP contribution >= 0.6 is 11.3 Å². The Labute approximate surface area is 152 Å². The SMILES string of the molecule is Cc1nc(N2CCOCC2)sc1C(=O)N1CCC(N2CC(O)C2)CC1. The molecule has 4 rings (SSSR count). The van der Waals surface area contributed by atoms with Crippen molar-refractivity contribution in [3.63, 3.8) is 0 Å². The van der Waals surface area contributed by atoms with E-state index in [1.165, 1.54) is 11.3 Å². The van der Waals surface area contributed by atoms with E-state index in [0.717, 1.165) is 81.0 Å². The van der Waals surface area contributed by atoms with Gasteiger partial charge in [0.1, 0.15) is 4.88 Å². The van der Waals surface area contributed by atoms with Crippen molar-refractivity contribution < 1.29 is 14.6 Å². The Bertz CT molecular complexity index is 617. The Balaban J connectivity index is 1.37. The number of thiazole rings is 1. The van der Waals surface area contributed by atoms with Crippen molar-refractivity contribution in [2.24, 2.45) is 0 Å². The highest BCUT2D eigenvalue weighted by Crippen LogP contribution is 2.29. The number of ether oxygens (including phenoxy) is 1. The van der Waals surface area contributed by atoms with E-state index in [1.807, 2.05) is 11.8 Å². The molecule has 3 fully saturated rings. The molecule has 3 aliphatic heterocycles. The lowest BCUT2D eigenvalue weighted by Gasteiger charge is -2.45. The molecule has 1 amide bonds. The fourth-order valence-electron chi connectivity index (χ4n) is 3.83. The number of aryl methyl sites for hydroxylation is 1. The van der Waals surface area contributed by atoms with E-state index in [4.69, 9.17) is 4.74 Å². The summed E-state index contributed by atoms with van der Waals surface area (Å²) in [5.74, 6) is 0.122. The van der Waals surface area contributed by atoms with Crippen molar-refractivity contribution in [2.75, 3.05) is 57.4 Å². The van der Waals surface area contributed by atoms with Gasteiger partial charge in [-0.05, 0) is 19.8 Å². The van der Waals surface area contributed by atoms with Crippen LogP contribution in [0.25, 0.3) is 0 Å². The highest BCUT2D eigenvalue weighted by atomic mass is 32.1. The molecule has 1 aromatic heterocycles. The Kier molecular flexibility index (Phi) is 4.95. The number of nitrogens with zero attached hydrogens (tertiary/aromatic N) is 4. The van der Waals surface area contributed by atoms with E-state index < -0.39 is 0 Å². The summed E-state index contributed by atoms with van der Waals surface area (Å²) < 4.78 is 5.39. The van der Waals surface area contributed by atoms with Gasteiger partial charge in [0.15, 0.2) is 5.13 Å². The Morgan fingerprint density at radius 3 is 2.52 bits per heavy atom. The molecular formula is C17H26N4O3S. The largest absolute Gasteiger partial charge is 0.390 e. The number of morpholine rings is 1. The minimum Gasteiger partial charge on any atom is -0.390 e. The lowest BCUT2D eigenvalue weighted by molar-refractivity contribution is -0.0381. The standard InChI is InChI=1S/C17H26N4O3S/c1-12-15(25-17(18-12)20-6-8-24-9-7-20)16(23)19-4-2-13(3-5-19)21-10-14(22)11-21/h13-14,22H,2-11H2,1H3. The maximum Gasteiger partial charge on any atom is 0.265 e. The third-order valence-electron chi connectivity index (χ3n) is 5.42. The van der Waals surface area contributed by atoms with Crippen molar-refractivity contribution >= 4 is 22.4 Å². The Morgan fingerprint density at radius 1 is 1.20 bits per heavy atom. The van der Waals surface area contributed by atoms with E-state index >= 15 is 0 Å². The predicted octanol–water partition coefficient (Wildman–Crippen LogP) is 0.569. The monoisotopic (exact) mass is 366 g/mol. The summed E-state index contributed by atoms with van der Waals surface area (Å²) >= 11 is 1.52. The Morgan fingerprint density at radius 2 is 1.88 bits per heavy atom. The number of hydrogen-bond donors (Lipinski definition) is 1. The van der Waals surface area contributed by atoms with Gasteiger partial charge in [-0.1, -0.05) is 11.3 Å². The highest BCUT2D eigenvalue weighted by Gasteiger charge is 2.34. The molecule has 1 N–H and O–H groups in total. The van der Waals surface area contributed by atoms with Gasteiger partial charge < -0.3 is 19.6 Å². The van der Waals surface area contributed by atoms with Crippen LogP contribution in [-0.2, 0) is 4.74 Å². The van der Waals surface area contributed by atoms with Crippen molar-refractivity contribution in [1.82, 2.24) is 14.8 Å². The molecule has 0 spiro atoms. The molecule has 8 heteroatoms. The van der Waals surface area contributed by atoms with Gasteiger partial charge in [-0.15, -0.1) is 0 Å². The van der Waals surface area contributed by atoms with Crippen molar-refractivity contribution in [3.05, 3.63) is 10.6 Å². The second kappa shape index (κ2) is 7.19. The summed E-state index contributed by atoms with van der Waals surface area (Å²) in [4.78, 5) is 24.8. The van der Waals surface area contributed by atoms with Gasteiger partial charge in [-0.3, -0.25) is 9.69 Å². The van der Waals surface area contributed by atoms with Crippen LogP contribution in [0.2, 0.25) is 0 Å². The number of piperidine rings is 1. The van der Waals surface area contributed by atoms with Crippen LogP contribution in [0.3, 0.4) is 0 Å². The molecular weight excluding hydrogens is 340 g/mol. The smallest absolute Gasteiger partial charge is 0.265 e. The topological polar surface area (TPSA) is 69.1 Å². The summed E-state index contributed by atoms with van der Waals surface area (Å²) in [6, 6.07) is 0.513. The van der Waals surface area contributed by atoms with E-state index in [2.05, 4.69) is 14.8 Å². The molecule has 0 bridgehead atoms. The van der Waals surface area contributed by atoms with Crippen LogP contribution < -0.4 is 4.90 Å². The number of rotatable bonds is 3. The van der Waals surface area contributed by atoms with Crippen LogP contribution in [-0.4, -0.2) is 90.4 Å². The van der Waals surface area contributed by atoms with Crippen LogP contribution in [0.5, 0.6) is 0 Å². The molecule has 7 nitrogen and oxygen atoms in total. The Hall–Kier alpha value is -1.22. The quantitative estimate of drug-likeness (QED) is 0.844. The number of amides is 1. The third kappa shape index (κ3) is 3.53. The molecule has 138 valence electrons. The van der Waals surface area contributed by atoms with E-state index in [1.54, 1.807) is 0 Å². The van der Waals surface area contributed by atoms with E-state index in [9.17, 15) is 9.90 Å². The van der Waals surface area contributed by atoms with Gasteiger partial charge in [0, 0.05) is 45.3 Å². The molecule has 0 saturated carbocycles. The zero-order valence-corrected chi connectivity index (χ0v) is 15.5. The van der Waals surface area contributed by atoms with Crippen LogP contribution in [0, 0.1) is 6.92 Å². The van der Waals surface area contributed by atoms with Gasteiger partial charge in [0.2, 0.25) is 0 Å². The van der Waals surface area contributed by atoms with Crippen molar-refractivity contribution in [2.45, 2.75) is 31.9 Å². The van der Waals surface area contributed by atoms with Crippen LogP contribution in [0.1, 0.15) is 28.2 Å². The van der Waals surface area contributed by atoms with Crippen molar-refractivity contribution in [1.29, 1.82) is 0 Å². The minimum atomic E-state index is -0.155. The number of likely N-dealkylation sites (tertiary alicyclic amines) is 2. The number of carbonyl (C=O) groups excluding carboxylic acids is 1. The first-order valence-electron chi connectivity index (χ1n) is 9.13. The highest BCUT2D eigenvalue weighted by molar-refractivity contribution is 7.17. The zero-order valence-electron chi connectivity index (χ0n) is 14.7. The first-order valence-corrected chi connectivity index (χ1v) is 9.95. The zero-order chi connectivity index (χ0) is 17.4. The van der Waals surface area contributed by atoms with Gasteiger partial charge in [0.05, 0.1) is 25.0 Å².